The van der Waals surface area contributed by atoms with Gasteiger partial charge in [0.05, 0.1) is 5.60 Å². The Morgan fingerprint density at radius 3 is 2.85 bits per heavy atom. The van der Waals surface area contributed by atoms with Gasteiger partial charge in [-0.15, -0.1) is 0 Å². The van der Waals surface area contributed by atoms with Crippen LogP contribution in [0.5, 0.6) is 0 Å². The molecule has 1 saturated heterocycles. The highest BCUT2D eigenvalue weighted by Gasteiger charge is 2.34. The van der Waals surface area contributed by atoms with Crippen LogP contribution < -0.4 is 0 Å². The smallest absolute Gasteiger partial charge is 0.253 e. The van der Waals surface area contributed by atoms with E-state index in [-0.39, 0.29) is 12.5 Å². The van der Waals surface area contributed by atoms with Crippen LogP contribution >= 0.6 is 0 Å². The van der Waals surface area contributed by atoms with Crippen molar-refractivity contribution >= 4 is 5.91 Å². The van der Waals surface area contributed by atoms with Gasteiger partial charge in [0.1, 0.15) is 6.61 Å². The maximum Gasteiger partial charge on any atom is 0.253 e. The molecule has 1 unspecified atom stereocenters. The van der Waals surface area contributed by atoms with Gasteiger partial charge < -0.3 is 15.1 Å². The van der Waals surface area contributed by atoms with Crippen molar-refractivity contribution in [2.24, 2.45) is 0 Å². The van der Waals surface area contributed by atoms with Gasteiger partial charge in [0.25, 0.3) is 5.91 Å². The summed E-state index contributed by atoms with van der Waals surface area (Å²) in [6.07, 6.45) is 0.599. The lowest BCUT2D eigenvalue weighted by Gasteiger charge is -2.19. The molecule has 0 bridgehead atoms. The lowest BCUT2D eigenvalue weighted by molar-refractivity contribution is 0.0572. The second-order valence-electron chi connectivity index (χ2n) is 5.46. The van der Waals surface area contributed by atoms with Crippen LogP contribution in [0.25, 0.3) is 0 Å². The first-order valence-corrected chi connectivity index (χ1v) is 6.65. The van der Waals surface area contributed by atoms with Gasteiger partial charge in [0.2, 0.25) is 0 Å². The Morgan fingerprint density at radius 1 is 1.50 bits per heavy atom. The summed E-state index contributed by atoms with van der Waals surface area (Å²) in [5, 5.41) is 18.7. The van der Waals surface area contributed by atoms with Crippen LogP contribution in [0.15, 0.2) is 18.2 Å². The second kappa shape index (κ2) is 5.66. The topological polar surface area (TPSA) is 60.8 Å². The Hall–Kier alpha value is -1.83. The number of nitrogens with zero attached hydrogens (tertiary/aromatic N) is 1. The molecule has 2 rings (SSSR count). The summed E-state index contributed by atoms with van der Waals surface area (Å²) >= 11 is 0. The second-order valence-corrected chi connectivity index (χ2v) is 5.46. The van der Waals surface area contributed by atoms with E-state index in [0.717, 1.165) is 11.1 Å². The van der Waals surface area contributed by atoms with Gasteiger partial charge in [-0.25, -0.2) is 0 Å². The largest absolute Gasteiger partial charge is 0.388 e. The number of benzene rings is 1. The first kappa shape index (κ1) is 14.6. The molecule has 1 atom stereocenters. The van der Waals surface area contributed by atoms with Gasteiger partial charge in [-0.05, 0) is 38.0 Å². The molecule has 106 valence electrons. The Bertz CT molecular complexity index is 581. The molecule has 1 amide bonds. The Morgan fingerprint density at radius 2 is 2.25 bits per heavy atom. The molecule has 1 aromatic rings. The minimum Gasteiger partial charge on any atom is -0.388 e. The summed E-state index contributed by atoms with van der Waals surface area (Å²) in [6, 6.07) is 5.37. The Balaban J connectivity index is 2.23. The third-order valence-electron chi connectivity index (χ3n) is 3.53. The molecule has 1 heterocycles. The molecule has 0 aliphatic carbocycles. The third kappa shape index (κ3) is 3.19. The molecular formula is C16H19NO3. The van der Waals surface area contributed by atoms with E-state index in [1.807, 2.05) is 13.0 Å². The van der Waals surface area contributed by atoms with Crippen molar-refractivity contribution in [1.29, 1.82) is 0 Å². The molecular weight excluding hydrogens is 254 g/mol. The average Bonchev–Trinajstić information content (AvgIpc) is 2.77. The predicted molar refractivity (Wildman–Crippen MR) is 76.3 cm³/mol. The number of amides is 1. The summed E-state index contributed by atoms with van der Waals surface area (Å²) in [7, 11) is 0. The van der Waals surface area contributed by atoms with Crippen LogP contribution in [0.3, 0.4) is 0 Å². The fourth-order valence-electron chi connectivity index (χ4n) is 2.33. The van der Waals surface area contributed by atoms with Gasteiger partial charge in [-0.2, -0.15) is 0 Å². The number of likely N-dealkylation sites (tertiary alicyclic amines) is 1. The zero-order valence-electron chi connectivity index (χ0n) is 11.8. The standard InChI is InChI=1S/C16H19NO3/c1-12-5-6-14(10-13(12)4-3-9-18)15(19)17-8-7-16(2,20)11-17/h5-6,10,18,20H,7-9,11H2,1-2H3. The van der Waals surface area contributed by atoms with Crippen molar-refractivity contribution in [3.05, 3.63) is 34.9 Å². The number of aryl methyl sites for hydroxylation is 1. The third-order valence-corrected chi connectivity index (χ3v) is 3.53. The molecule has 1 aliphatic rings. The number of hydrogen-bond acceptors (Lipinski definition) is 3. The fourth-order valence-corrected chi connectivity index (χ4v) is 2.33. The summed E-state index contributed by atoms with van der Waals surface area (Å²) < 4.78 is 0. The summed E-state index contributed by atoms with van der Waals surface area (Å²) in [4.78, 5) is 14.0. The van der Waals surface area contributed by atoms with Crippen LogP contribution in [-0.4, -0.2) is 46.3 Å². The number of aliphatic hydroxyl groups is 2. The van der Waals surface area contributed by atoms with Crippen molar-refractivity contribution < 1.29 is 15.0 Å². The number of aliphatic hydroxyl groups excluding tert-OH is 1. The molecule has 1 aromatic carbocycles. The fraction of sp³-hybridized carbons (Fsp3) is 0.438. The molecule has 0 saturated carbocycles. The quantitative estimate of drug-likeness (QED) is 0.749. The van der Waals surface area contributed by atoms with Gasteiger partial charge in [0, 0.05) is 24.2 Å². The van der Waals surface area contributed by atoms with Crippen molar-refractivity contribution in [1.82, 2.24) is 4.90 Å². The maximum absolute atomic E-state index is 12.4. The first-order chi connectivity index (χ1) is 9.43. The van der Waals surface area contributed by atoms with Crippen molar-refractivity contribution in [3.63, 3.8) is 0 Å². The molecule has 0 radical (unpaired) electrons. The zero-order valence-corrected chi connectivity index (χ0v) is 11.8. The molecule has 2 N–H and O–H groups in total. The van der Waals surface area contributed by atoms with Crippen LogP contribution in [0.2, 0.25) is 0 Å². The van der Waals surface area contributed by atoms with E-state index < -0.39 is 5.60 Å². The van der Waals surface area contributed by atoms with E-state index >= 15 is 0 Å². The monoisotopic (exact) mass is 273 g/mol. The number of carbonyl (C=O) groups excluding carboxylic acids is 1. The van der Waals surface area contributed by atoms with Crippen LogP contribution in [0.1, 0.15) is 34.8 Å². The number of hydrogen-bond donors (Lipinski definition) is 2. The summed E-state index contributed by atoms with van der Waals surface area (Å²) in [6.45, 7) is 4.38. The zero-order chi connectivity index (χ0) is 14.8. The van der Waals surface area contributed by atoms with Gasteiger partial charge in [0.15, 0.2) is 0 Å². The van der Waals surface area contributed by atoms with E-state index in [1.54, 1.807) is 24.0 Å². The normalized spacial score (nSPS) is 21.5. The lowest BCUT2D eigenvalue weighted by atomic mass is 10.0. The lowest BCUT2D eigenvalue weighted by Crippen LogP contribution is -2.33. The number of carbonyl (C=O) groups is 1. The SMILES string of the molecule is Cc1ccc(C(=O)N2CCC(C)(O)C2)cc1C#CCO. The highest BCUT2D eigenvalue weighted by molar-refractivity contribution is 5.95. The van der Waals surface area contributed by atoms with Gasteiger partial charge in [-0.3, -0.25) is 4.79 Å². The molecule has 20 heavy (non-hydrogen) atoms. The van der Waals surface area contributed by atoms with Gasteiger partial charge in [-0.1, -0.05) is 17.9 Å². The minimum atomic E-state index is -0.792. The highest BCUT2D eigenvalue weighted by atomic mass is 16.3. The molecule has 0 spiro atoms. The van der Waals surface area contributed by atoms with Crippen LogP contribution in [-0.2, 0) is 0 Å². The molecule has 1 fully saturated rings. The van der Waals surface area contributed by atoms with Crippen molar-refractivity contribution in [2.75, 3.05) is 19.7 Å². The number of β-amino-alcohol motifs (C(OH)–C–C–N with tert-alkyl or cyclic N) is 1. The minimum absolute atomic E-state index is 0.0881. The Kier molecular flexibility index (Phi) is 4.12. The van der Waals surface area contributed by atoms with Crippen molar-refractivity contribution in [3.8, 4) is 11.8 Å². The van der Waals surface area contributed by atoms with E-state index in [4.69, 9.17) is 5.11 Å². The predicted octanol–water partition coefficient (Wildman–Crippen LogP) is 0.936. The van der Waals surface area contributed by atoms with E-state index in [1.165, 1.54) is 0 Å². The maximum atomic E-state index is 12.4. The highest BCUT2D eigenvalue weighted by Crippen LogP contribution is 2.22. The van der Waals surface area contributed by atoms with Crippen LogP contribution in [0, 0.1) is 18.8 Å². The van der Waals surface area contributed by atoms with E-state index in [9.17, 15) is 9.90 Å². The Labute approximate surface area is 119 Å². The summed E-state index contributed by atoms with van der Waals surface area (Å²) in [5.74, 6) is 5.35. The van der Waals surface area contributed by atoms with E-state index in [0.29, 0.717) is 25.1 Å². The first-order valence-electron chi connectivity index (χ1n) is 6.65. The van der Waals surface area contributed by atoms with Gasteiger partial charge >= 0.3 is 0 Å². The molecule has 4 nitrogen and oxygen atoms in total. The average molecular weight is 273 g/mol. The van der Waals surface area contributed by atoms with Crippen LogP contribution in [0.4, 0.5) is 0 Å². The van der Waals surface area contributed by atoms with E-state index in [2.05, 4.69) is 11.8 Å². The van der Waals surface area contributed by atoms with Crippen molar-refractivity contribution in [2.45, 2.75) is 25.9 Å². The molecule has 1 aliphatic heterocycles. The molecule has 0 aromatic heterocycles. The molecule has 4 heteroatoms. The number of rotatable bonds is 1. The summed E-state index contributed by atoms with van der Waals surface area (Å²) in [5.41, 5.74) is 1.49.